The molecule has 0 saturated carbocycles. The number of fused-ring (bicyclic) bond motifs is 1. The van der Waals surface area contributed by atoms with Gasteiger partial charge in [0.25, 0.3) is 0 Å². The molecule has 1 N–H and O–H groups in total. The van der Waals surface area contributed by atoms with E-state index in [1.165, 1.54) is 0 Å². The van der Waals surface area contributed by atoms with Crippen LogP contribution in [0.5, 0.6) is 0 Å². The minimum Gasteiger partial charge on any atom is -0.392 e. The predicted molar refractivity (Wildman–Crippen MR) is 82.3 cm³/mol. The molecule has 0 spiro atoms. The fourth-order valence-corrected chi connectivity index (χ4v) is 2.73. The van der Waals surface area contributed by atoms with Gasteiger partial charge < -0.3 is 9.67 Å². The number of aromatic nitrogens is 4. The molecule has 2 heterocycles. The molecule has 1 aromatic carbocycles. The lowest BCUT2D eigenvalue weighted by Gasteiger charge is -2.07. The molecule has 0 bridgehead atoms. The third-order valence-electron chi connectivity index (χ3n) is 3.54. The van der Waals surface area contributed by atoms with Crippen molar-refractivity contribution in [2.45, 2.75) is 33.0 Å². The number of aryl methyl sites for hydroxylation is 1. The van der Waals surface area contributed by atoms with Crippen molar-refractivity contribution >= 4 is 22.5 Å². The number of aliphatic hydroxyl groups is 1. The number of benzene rings is 1. The molecular formula is C15H17ClN4O. The Bertz CT molecular complexity index is 762. The van der Waals surface area contributed by atoms with Crippen molar-refractivity contribution in [2.24, 2.45) is 0 Å². The van der Waals surface area contributed by atoms with Gasteiger partial charge in [-0.2, -0.15) is 5.10 Å². The molecule has 3 aromatic rings. The molecule has 0 saturated heterocycles. The zero-order chi connectivity index (χ0) is 14.8. The fourth-order valence-electron chi connectivity index (χ4n) is 2.56. The van der Waals surface area contributed by atoms with Crippen LogP contribution in [-0.2, 0) is 19.7 Å². The first-order valence-electron chi connectivity index (χ1n) is 6.97. The number of hydrogen-bond donors (Lipinski definition) is 1. The Morgan fingerprint density at radius 2 is 2.19 bits per heavy atom. The van der Waals surface area contributed by atoms with E-state index < -0.39 is 0 Å². The SMILES string of the molecule is CCCn1ncnc1Cn1cc(CO)c2ccc(Cl)cc21. The van der Waals surface area contributed by atoms with Gasteiger partial charge in [-0.05, 0) is 18.6 Å². The molecule has 6 heteroatoms. The zero-order valence-corrected chi connectivity index (χ0v) is 12.6. The molecule has 0 aliphatic rings. The average molecular weight is 305 g/mol. The molecule has 0 amide bonds. The minimum atomic E-state index is 0.00673. The highest BCUT2D eigenvalue weighted by Gasteiger charge is 2.11. The third-order valence-corrected chi connectivity index (χ3v) is 3.78. The normalized spacial score (nSPS) is 11.4. The van der Waals surface area contributed by atoms with E-state index in [0.29, 0.717) is 11.6 Å². The minimum absolute atomic E-state index is 0.00673. The van der Waals surface area contributed by atoms with E-state index in [9.17, 15) is 5.11 Å². The van der Waals surface area contributed by atoms with Gasteiger partial charge in [0.2, 0.25) is 0 Å². The molecule has 0 atom stereocenters. The van der Waals surface area contributed by atoms with Crippen LogP contribution in [0.2, 0.25) is 5.02 Å². The summed E-state index contributed by atoms with van der Waals surface area (Å²) in [6.45, 7) is 3.58. The lowest BCUT2D eigenvalue weighted by molar-refractivity contribution is 0.283. The summed E-state index contributed by atoms with van der Waals surface area (Å²) in [5, 5.41) is 15.4. The Morgan fingerprint density at radius 1 is 1.33 bits per heavy atom. The Morgan fingerprint density at radius 3 is 2.95 bits per heavy atom. The standard InChI is InChI=1S/C15H17ClN4O/c1-2-5-20-15(17-10-18-20)8-19-7-11(9-21)13-4-3-12(16)6-14(13)19/h3-4,6-7,10,21H,2,5,8-9H2,1H3. The maximum absolute atomic E-state index is 9.50. The van der Waals surface area contributed by atoms with Crippen LogP contribution >= 0.6 is 11.6 Å². The largest absolute Gasteiger partial charge is 0.392 e. The van der Waals surface area contributed by atoms with Crippen molar-refractivity contribution in [3.63, 3.8) is 0 Å². The van der Waals surface area contributed by atoms with E-state index in [1.807, 2.05) is 29.1 Å². The molecule has 0 radical (unpaired) electrons. The molecule has 3 rings (SSSR count). The molecule has 21 heavy (non-hydrogen) atoms. The van der Waals surface area contributed by atoms with Gasteiger partial charge in [0.15, 0.2) is 0 Å². The molecule has 0 aliphatic carbocycles. The Balaban J connectivity index is 2.03. The monoisotopic (exact) mass is 304 g/mol. The van der Waals surface area contributed by atoms with Crippen molar-refractivity contribution < 1.29 is 5.11 Å². The lowest BCUT2D eigenvalue weighted by atomic mass is 10.2. The van der Waals surface area contributed by atoms with E-state index in [4.69, 9.17) is 11.6 Å². The first kappa shape index (κ1) is 14.1. The second-order valence-electron chi connectivity index (χ2n) is 5.00. The van der Waals surface area contributed by atoms with E-state index in [-0.39, 0.29) is 6.61 Å². The number of rotatable bonds is 5. The van der Waals surface area contributed by atoms with E-state index in [1.54, 1.807) is 6.33 Å². The summed E-state index contributed by atoms with van der Waals surface area (Å²) in [6, 6.07) is 5.69. The van der Waals surface area contributed by atoms with Gasteiger partial charge in [-0.1, -0.05) is 24.6 Å². The quantitative estimate of drug-likeness (QED) is 0.788. The summed E-state index contributed by atoms with van der Waals surface area (Å²) in [6.07, 6.45) is 4.54. The van der Waals surface area contributed by atoms with E-state index in [0.717, 1.165) is 35.3 Å². The van der Waals surface area contributed by atoms with Crippen LogP contribution in [0, 0.1) is 0 Å². The highest BCUT2D eigenvalue weighted by Crippen LogP contribution is 2.25. The second kappa shape index (κ2) is 5.87. The Hall–Kier alpha value is -1.85. The van der Waals surface area contributed by atoms with E-state index >= 15 is 0 Å². The van der Waals surface area contributed by atoms with Crippen molar-refractivity contribution in [1.29, 1.82) is 0 Å². The number of halogens is 1. The zero-order valence-electron chi connectivity index (χ0n) is 11.8. The van der Waals surface area contributed by atoms with Crippen molar-refractivity contribution in [2.75, 3.05) is 0 Å². The molecular weight excluding hydrogens is 288 g/mol. The van der Waals surface area contributed by atoms with Crippen LogP contribution < -0.4 is 0 Å². The van der Waals surface area contributed by atoms with Gasteiger partial charge in [0.05, 0.1) is 18.7 Å². The van der Waals surface area contributed by atoms with Gasteiger partial charge in [0.1, 0.15) is 12.2 Å². The summed E-state index contributed by atoms with van der Waals surface area (Å²) in [5.74, 6) is 0.901. The van der Waals surface area contributed by atoms with Crippen molar-refractivity contribution in [3.05, 3.63) is 47.1 Å². The molecule has 0 unspecified atom stereocenters. The first-order chi connectivity index (χ1) is 10.2. The first-order valence-corrected chi connectivity index (χ1v) is 7.35. The summed E-state index contributed by atoms with van der Waals surface area (Å²) in [7, 11) is 0. The average Bonchev–Trinajstić information content (AvgIpc) is 3.05. The topological polar surface area (TPSA) is 55.9 Å². The highest BCUT2D eigenvalue weighted by molar-refractivity contribution is 6.31. The molecule has 0 fully saturated rings. The lowest BCUT2D eigenvalue weighted by Crippen LogP contribution is -2.09. The summed E-state index contributed by atoms with van der Waals surface area (Å²) >= 11 is 6.10. The van der Waals surface area contributed by atoms with Crippen LogP contribution in [0.25, 0.3) is 10.9 Å². The third kappa shape index (κ3) is 2.66. The molecule has 0 aliphatic heterocycles. The van der Waals surface area contributed by atoms with Crippen LogP contribution in [0.4, 0.5) is 0 Å². The van der Waals surface area contributed by atoms with Crippen molar-refractivity contribution in [1.82, 2.24) is 19.3 Å². The van der Waals surface area contributed by atoms with Gasteiger partial charge in [-0.25, -0.2) is 9.67 Å². The van der Waals surface area contributed by atoms with Crippen LogP contribution in [-0.4, -0.2) is 24.4 Å². The van der Waals surface area contributed by atoms with Crippen LogP contribution in [0.3, 0.4) is 0 Å². The molecule has 2 aromatic heterocycles. The summed E-state index contributed by atoms with van der Waals surface area (Å²) in [5.41, 5.74) is 1.89. The van der Waals surface area contributed by atoms with Crippen LogP contribution in [0.1, 0.15) is 24.7 Å². The van der Waals surface area contributed by atoms with E-state index in [2.05, 4.69) is 21.6 Å². The molecule has 5 nitrogen and oxygen atoms in total. The van der Waals surface area contributed by atoms with Gasteiger partial charge >= 0.3 is 0 Å². The van der Waals surface area contributed by atoms with Gasteiger partial charge in [0, 0.05) is 28.7 Å². The predicted octanol–water partition coefficient (Wildman–Crippen LogP) is 2.84. The maximum Gasteiger partial charge on any atom is 0.146 e. The maximum atomic E-state index is 9.50. The Labute approximate surface area is 127 Å². The molecule has 110 valence electrons. The smallest absolute Gasteiger partial charge is 0.146 e. The summed E-state index contributed by atoms with van der Waals surface area (Å²) in [4.78, 5) is 4.33. The van der Waals surface area contributed by atoms with Crippen molar-refractivity contribution in [3.8, 4) is 0 Å². The number of aliphatic hydroxyl groups excluding tert-OH is 1. The summed E-state index contributed by atoms with van der Waals surface area (Å²) < 4.78 is 3.97. The number of hydrogen-bond acceptors (Lipinski definition) is 3. The van der Waals surface area contributed by atoms with Crippen LogP contribution in [0.15, 0.2) is 30.7 Å². The van der Waals surface area contributed by atoms with Gasteiger partial charge in [-0.15, -0.1) is 0 Å². The fraction of sp³-hybridized carbons (Fsp3) is 0.333. The second-order valence-corrected chi connectivity index (χ2v) is 5.44. The highest BCUT2D eigenvalue weighted by atomic mass is 35.5. The number of nitrogens with zero attached hydrogens (tertiary/aromatic N) is 4. The van der Waals surface area contributed by atoms with Gasteiger partial charge in [-0.3, -0.25) is 0 Å². The Kier molecular flexibility index (Phi) is 3.94.